The van der Waals surface area contributed by atoms with Crippen molar-refractivity contribution in [1.82, 2.24) is 5.32 Å². The van der Waals surface area contributed by atoms with Crippen molar-refractivity contribution in [2.45, 2.75) is 17.8 Å². The Morgan fingerprint density at radius 1 is 1.17 bits per heavy atom. The van der Waals surface area contributed by atoms with Crippen LogP contribution in [0.3, 0.4) is 0 Å². The monoisotopic (exact) mass is 429 g/mol. The normalized spacial score (nSPS) is 18.0. The molecule has 1 unspecified atom stereocenters. The van der Waals surface area contributed by atoms with Crippen LogP contribution in [0.2, 0.25) is 0 Å². The molecule has 1 heterocycles. The molecular formula is C18H12F5N3O2S. The van der Waals surface area contributed by atoms with Crippen LogP contribution in [0, 0.1) is 11.6 Å². The van der Waals surface area contributed by atoms with Gasteiger partial charge in [0.2, 0.25) is 11.8 Å². The van der Waals surface area contributed by atoms with Crippen LogP contribution in [-0.2, 0) is 15.8 Å². The first-order valence-corrected chi connectivity index (χ1v) is 8.99. The zero-order valence-corrected chi connectivity index (χ0v) is 15.2. The SMILES string of the molecule is O=C(CC1SC(=Nc2ccccc2C(F)(F)F)NC1=O)Nc1ccc(F)cc1F. The van der Waals surface area contributed by atoms with E-state index in [9.17, 15) is 31.5 Å². The molecule has 0 aliphatic carbocycles. The number of rotatable bonds is 4. The van der Waals surface area contributed by atoms with Crippen molar-refractivity contribution in [3.8, 4) is 0 Å². The standard InChI is InChI=1S/C18H12F5N3O2S/c19-9-5-6-13(11(20)7-9)24-15(27)8-14-16(28)26-17(29-14)25-12-4-2-1-3-10(12)18(21,22)23/h1-7,14H,8H2,(H,24,27)(H,25,26,28). The van der Waals surface area contributed by atoms with Gasteiger partial charge in [0.1, 0.15) is 16.9 Å². The first-order chi connectivity index (χ1) is 13.6. The summed E-state index contributed by atoms with van der Waals surface area (Å²) in [6.07, 6.45) is -5.00. The smallest absolute Gasteiger partial charge is 0.324 e. The second-order valence-corrected chi connectivity index (χ2v) is 7.10. The van der Waals surface area contributed by atoms with E-state index in [1.54, 1.807) is 0 Å². The van der Waals surface area contributed by atoms with E-state index in [4.69, 9.17) is 0 Å². The highest BCUT2D eigenvalue weighted by molar-refractivity contribution is 8.15. The Balaban J connectivity index is 1.69. The molecule has 0 spiro atoms. The lowest BCUT2D eigenvalue weighted by molar-refractivity contribution is -0.137. The van der Waals surface area contributed by atoms with Gasteiger partial charge in [0.25, 0.3) is 0 Å². The van der Waals surface area contributed by atoms with Crippen molar-refractivity contribution in [1.29, 1.82) is 0 Å². The van der Waals surface area contributed by atoms with Gasteiger partial charge in [-0.05, 0) is 24.3 Å². The van der Waals surface area contributed by atoms with Gasteiger partial charge in [-0.1, -0.05) is 23.9 Å². The number of para-hydroxylation sites is 1. The summed E-state index contributed by atoms with van der Waals surface area (Å²) in [5.74, 6) is -3.13. The fourth-order valence-corrected chi connectivity index (χ4v) is 3.45. The van der Waals surface area contributed by atoms with Crippen LogP contribution in [0.15, 0.2) is 47.5 Å². The highest BCUT2D eigenvalue weighted by Gasteiger charge is 2.35. The summed E-state index contributed by atoms with van der Waals surface area (Å²) in [4.78, 5) is 27.9. The molecule has 152 valence electrons. The summed E-state index contributed by atoms with van der Waals surface area (Å²) in [6.45, 7) is 0. The lowest BCUT2D eigenvalue weighted by Gasteiger charge is -2.09. The number of carbonyl (C=O) groups is 2. The third-order valence-corrected chi connectivity index (χ3v) is 4.87. The topological polar surface area (TPSA) is 70.6 Å². The van der Waals surface area contributed by atoms with Gasteiger partial charge in [0.15, 0.2) is 5.17 Å². The quantitative estimate of drug-likeness (QED) is 0.715. The van der Waals surface area contributed by atoms with Gasteiger partial charge in [0.05, 0.1) is 16.9 Å². The second kappa shape index (κ2) is 8.19. The van der Waals surface area contributed by atoms with Crippen molar-refractivity contribution < 1.29 is 31.5 Å². The van der Waals surface area contributed by atoms with Crippen LogP contribution in [0.4, 0.5) is 33.3 Å². The summed E-state index contributed by atoms with van der Waals surface area (Å²) in [5, 5.41) is 3.49. The number of thioether (sulfide) groups is 1. The molecular weight excluding hydrogens is 417 g/mol. The first-order valence-electron chi connectivity index (χ1n) is 8.11. The maximum absolute atomic E-state index is 13.6. The predicted molar refractivity (Wildman–Crippen MR) is 97.7 cm³/mol. The molecule has 1 aliphatic heterocycles. The highest BCUT2D eigenvalue weighted by Crippen LogP contribution is 2.37. The molecule has 1 saturated heterocycles. The molecule has 3 rings (SSSR count). The fourth-order valence-electron chi connectivity index (χ4n) is 2.47. The molecule has 2 aromatic rings. The zero-order valence-electron chi connectivity index (χ0n) is 14.4. The average molecular weight is 429 g/mol. The number of hydrogen-bond acceptors (Lipinski definition) is 4. The first kappa shape index (κ1) is 20.8. The number of carbonyl (C=O) groups excluding carboxylic acids is 2. The number of aliphatic imine (C=N–C) groups is 1. The van der Waals surface area contributed by atoms with Crippen LogP contribution in [-0.4, -0.2) is 22.2 Å². The summed E-state index contributed by atoms with van der Waals surface area (Å²) in [7, 11) is 0. The van der Waals surface area contributed by atoms with Crippen LogP contribution in [0.5, 0.6) is 0 Å². The minimum absolute atomic E-state index is 0.0857. The van der Waals surface area contributed by atoms with Crippen molar-refractivity contribution in [2.75, 3.05) is 5.32 Å². The van der Waals surface area contributed by atoms with E-state index in [1.807, 2.05) is 0 Å². The molecule has 29 heavy (non-hydrogen) atoms. The molecule has 0 bridgehead atoms. The van der Waals surface area contributed by atoms with Gasteiger partial charge in [-0.15, -0.1) is 0 Å². The van der Waals surface area contributed by atoms with Gasteiger partial charge < -0.3 is 10.6 Å². The Morgan fingerprint density at radius 3 is 2.59 bits per heavy atom. The molecule has 5 nitrogen and oxygen atoms in total. The highest BCUT2D eigenvalue weighted by atomic mass is 32.2. The maximum atomic E-state index is 13.6. The fraction of sp³-hybridized carbons (Fsp3) is 0.167. The van der Waals surface area contributed by atoms with Gasteiger partial charge >= 0.3 is 6.18 Å². The Morgan fingerprint density at radius 2 is 1.90 bits per heavy atom. The third kappa shape index (κ3) is 5.11. The number of anilines is 1. The van der Waals surface area contributed by atoms with Crippen LogP contribution >= 0.6 is 11.8 Å². The summed E-state index contributed by atoms with van der Waals surface area (Å²) < 4.78 is 65.6. The number of hydrogen-bond donors (Lipinski definition) is 2. The third-order valence-electron chi connectivity index (χ3n) is 3.78. The summed E-state index contributed by atoms with van der Waals surface area (Å²) >= 11 is 0.786. The minimum Gasteiger partial charge on any atom is -0.324 e. The lowest BCUT2D eigenvalue weighted by atomic mass is 10.2. The zero-order chi connectivity index (χ0) is 21.2. The number of amidine groups is 1. The molecule has 0 saturated carbocycles. The van der Waals surface area contributed by atoms with E-state index in [0.717, 1.165) is 36.0 Å². The van der Waals surface area contributed by atoms with Gasteiger partial charge in [0, 0.05) is 12.5 Å². The Kier molecular flexibility index (Phi) is 5.87. The minimum atomic E-state index is -4.62. The van der Waals surface area contributed by atoms with E-state index in [1.165, 1.54) is 12.1 Å². The molecule has 1 atom stereocenters. The number of amides is 2. The number of halogens is 5. The number of alkyl halides is 3. The molecule has 2 N–H and O–H groups in total. The number of benzene rings is 2. The van der Waals surface area contributed by atoms with E-state index >= 15 is 0 Å². The molecule has 11 heteroatoms. The molecule has 1 fully saturated rings. The van der Waals surface area contributed by atoms with Crippen LogP contribution in [0.25, 0.3) is 0 Å². The van der Waals surface area contributed by atoms with Gasteiger partial charge in [-0.2, -0.15) is 13.2 Å². The largest absolute Gasteiger partial charge is 0.418 e. The lowest BCUT2D eigenvalue weighted by Crippen LogP contribution is -2.28. The Bertz CT molecular complexity index is 994. The molecule has 1 aliphatic rings. The summed E-state index contributed by atoms with van der Waals surface area (Å²) in [5.41, 5.74) is -1.59. The van der Waals surface area contributed by atoms with Crippen molar-refractivity contribution in [3.05, 3.63) is 59.7 Å². The number of nitrogens with one attached hydrogen (secondary N) is 2. The predicted octanol–water partition coefficient (Wildman–Crippen LogP) is 4.23. The Hall–Kier alpha value is -2.95. The van der Waals surface area contributed by atoms with Crippen LogP contribution in [0.1, 0.15) is 12.0 Å². The van der Waals surface area contributed by atoms with Crippen molar-refractivity contribution in [3.63, 3.8) is 0 Å². The summed E-state index contributed by atoms with van der Waals surface area (Å²) in [6, 6.07) is 7.19. The average Bonchev–Trinajstić information content (AvgIpc) is 2.96. The van der Waals surface area contributed by atoms with E-state index in [2.05, 4.69) is 15.6 Å². The van der Waals surface area contributed by atoms with E-state index < -0.39 is 40.4 Å². The molecule has 2 amide bonds. The maximum Gasteiger partial charge on any atom is 0.418 e. The molecule has 0 aromatic heterocycles. The van der Waals surface area contributed by atoms with Crippen LogP contribution < -0.4 is 10.6 Å². The number of nitrogens with zero attached hydrogens (tertiary/aromatic N) is 1. The van der Waals surface area contributed by atoms with Crippen molar-refractivity contribution >= 4 is 40.1 Å². The Labute approximate surface area is 165 Å². The second-order valence-electron chi connectivity index (χ2n) is 5.90. The van der Waals surface area contributed by atoms with E-state index in [-0.39, 0.29) is 23.0 Å². The van der Waals surface area contributed by atoms with E-state index in [0.29, 0.717) is 6.07 Å². The van der Waals surface area contributed by atoms with Crippen molar-refractivity contribution in [2.24, 2.45) is 4.99 Å². The van der Waals surface area contributed by atoms with Gasteiger partial charge in [-0.3, -0.25) is 9.59 Å². The molecule has 0 radical (unpaired) electrons. The molecule has 2 aromatic carbocycles. The van der Waals surface area contributed by atoms with Gasteiger partial charge in [-0.25, -0.2) is 13.8 Å².